The topological polar surface area (TPSA) is 60.1 Å². The van der Waals surface area contributed by atoms with Crippen molar-refractivity contribution in [2.45, 2.75) is 32.7 Å². The van der Waals surface area contributed by atoms with E-state index in [9.17, 15) is 0 Å². The van der Waals surface area contributed by atoms with Crippen molar-refractivity contribution in [2.24, 2.45) is 10.9 Å². The molecule has 2 aliphatic rings. The summed E-state index contributed by atoms with van der Waals surface area (Å²) in [5.74, 6) is 1.92. The number of piperazine rings is 1. The molecule has 0 unspecified atom stereocenters. The highest BCUT2D eigenvalue weighted by molar-refractivity contribution is 5.79. The minimum absolute atomic E-state index is 0.864. The zero-order valence-corrected chi connectivity index (χ0v) is 16.4. The van der Waals surface area contributed by atoms with Crippen molar-refractivity contribution >= 4 is 5.96 Å². The van der Waals surface area contributed by atoms with E-state index in [4.69, 9.17) is 4.52 Å². The molecule has 3 heterocycles. The number of aliphatic imine (C=N–C) groups is 1. The van der Waals surface area contributed by atoms with Gasteiger partial charge >= 0.3 is 0 Å². The van der Waals surface area contributed by atoms with E-state index in [1.165, 1.54) is 38.9 Å². The van der Waals surface area contributed by atoms with E-state index >= 15 is 0 Å². The van der Waals surface area contributed by atoms with E-state index < -0.39 is 0 Å². The van der Waals surface area contributed by atoms with Gasteiger partial charge in [-0.05, 0) is 44.8 Å². The molecule has 3 rings (SSSR count). The molecule has 0 spiro atoms. The summed E-state index contributed by atoms with van der Waals surface area (Å²) in [6.07, 6.45) is 5.58. The Morgan fingerprint density at radius 2 is 1.96 bits per heavy atom. The summed E-state index contributed by atoms with van der Waals surface area (Å²) in [5.41, 5.74) is 1.01. The maximum Gasteiger partial charge on any atom is 0.193 e. The molecule has 0 radical (unpaired) electrons. The second-order valence-electron chi connectivity index (χ2n) is 7.39. The number of guanidine groups is 1. The Morgan fingerprint density at radius 1 is 1.19 bits per heavy atom. The van der Waals surface area contributed by atoms with Crippen molar-refractivity contribution in [1.82, 2.24) is 25.2 Å². The number of hydrogen-bond donors (Lipinski definition) is 1. The lowest BCUT2D eigenvalue weighted by Crippen LogP contribution is -2.52. The summed E-state index contributed by atoms with van der Waals surface area (Å²) in [7, 11) is 1.89. The molecule has 2 fully saturated rings. The average Bonchev–Trinajstić information content (AvgIpc) is 3.20. The smallest absolute Gasteiger partial charge is 0.193 e. The van der Waals surface area contributed by atoms with Gasteiger partial charge < -0.3 is 19.6 Å². The Labute approximate surface area is 157 Å². The molecule has 0 aliphatic carbocycles. The molecule has 0 saturated carbocycles. The Kier molecular flexibility index (Phi) is 7.32. The maximum absolute atomic E-state index is 4.92. The van der Waals surface area contributed by atoms with E-state index in [2.05, 4.69) is 37.1 Å². The van der Waals surface area contributed by atoms with Gasteiger partial charge in [0.2, 0.25) is 0 Å². The van der Waals surface area contributed by atoms with Gasteiger partial charge in [0.15, 0.2) is 5.96 Å². The van der Waals surface area contributed by atoms with E-state index in [-0.39, 0.29) is 0 Å². The monoisotopic (exact) mass is 362 g/mol. The van der Waals surface area contributed by atoms with Crippen LogP contribution in [-0.2, 0) is 6.54 Å². The second kappa shape index (κ2) is 9.92. The fourth-order valence-corrected chi connectivity index (χ4v) is 3.98. The third-order valence-electron chi connectivity index (χ3n) is 5.75. The van der Waals surface area contributed by atoms with Crippen LogP contribution in [0, 0.1) is 5.92 Å². The van der Waals surface area contributed by atoms with Gasteiger partial charge in [-0.3, -0.25) is 9.89 Å². The molecule has 2 aliphatic heterocycles. The number of nitrogens with one attached hydrogen (secondary N) is 1. The Hall–Kier alpha value is -1.60. The SMILES string of the molecule is CCN1CCC(CCNC(=NC)N2CCN(Cc3ccon3)CC2)CC1. The van der Waals surface area contributed by atoms with Crippen LogP contribution in [0.5, 0.6) is 0 Å². The van der Waals surface area contributed by atoms with Crippen LogP contribution in [0.1, 0.15) is 31.9 Å². The fourth-order valence-electron chi connectivity index (χ4n) is 3.98. The highest BCUT2D eigenvalue weighted by Crippen LogP contribution is 2.19. The lowest BCUT2D eigenvalue weighted by molar-refractivity contribution is 0.168. The number of hydrogen-bond acceptors (Lipinski definition) is 5. The molecule has 0 amide bonds. The summed E-state index contributed by atoms with van der Waals surface area (Å²) in [4.78, 5) is 11.8. The quantitative estimate of drug-likeness (QED) is 0.611. The van der Waals surface area contributed by atoms with Crippen LogP contribution < -0.4 is 5.32 Å². The van der Waals surface area contributed by atoms with Crippen molar-refractivity contribution in [3.05, 3.63) is 18.0 Å². The van der Waals surface area contributed by atoms with Crippen LogP contribution in [0.4, 0.5) is 0 Å². The van der Waals surface area contributed by atoms with Crippen molar-refractivity contribution in [3.63, 3.8) is 0 Å². The Morgan fingerprint density at radius 3 is 2.58 bits per heavy atom. The first kappa shape index (κ1) is 19.2. The number of likely N-dealkylation sites (tertiary alicyclic amines) is 1. The largest absolute Gasteiger partial charge is 0.364 e. The highest BCUT2D eigenvalue weighted by Gasteiger charge is 2.21. The molecule has 2 saturated heterocycles. The van der Waals surface area contributed by atoms with Gasteiger partial charge in [0.1, 0.15) is 6.26 Å². The molecule has 7 heteroatoms. The standard InChI is InChI=1S/C19H34N6O/c1-3-23-9-5-17(6-10-23)4-8-21-19(20-2)25-13-11-24(12-14-25)16-18-7-15-26-22-18/h7,15,17H,3-6,8-14,16H2,1-2H3,(H,20,21). The zero-order chi connectivity index (χ0) is 18.2. The van der Waals surface area contributed by atoms with Gasteiger partial charge in [-0.25, -0.2) is 0 Å². The molecule has 0 aromatic carbocycles. The third-order valence-corrected chi connectivity index (χ3v) is 5.75. The van der Waals surface area contributed by atoms with Crippen LogP contribution in [0.15, 0.2) is 21.8 Å². The molecule has 1 aromatic heterocycles. The van der Waals surface area contributed by atoms with E-state index in [1.807, 2.05) is 13.1 Å². The van der Waals surface area contributed by atoms with E-state index in [0.29, 0.717) is 0 Å². The van der Waals surface area contributed by atoms with Crippen molar-refractivity contribution < 1.29 is 4.52 Å². The normalized spacial score (nSPS) is 21.3. The van der Waals surface area contributed by atoms with Gasteiger partial charge in [0, 0.05) is 52.4 Å². The molecule has 26 heavy (non-hydrogen) atoms. The molecule has 7 nitrogen and oxygen atoms in total. The zero-order valence-electron chi connectivity index (χ0n) is 16.4. The molecule has 1 N–H and O–H groups in total. The maximum atomic E-state index is 4.92. The average molecular weight is 363 g/mol. The first-order chi connectivity index (χ1) is 12.8. The molecule has 0 atom stereocenters. The predicted octanol–water partition coefficient (Wildman–Crippen LogP) is 1.49. The first-order valence-corrected chi connectivity index (χ1v) is 10.1. The van der Waals surface area contributed by atoms with Gasteiger partial charge in [-0.1, -0.05) is 12.1 Å². The molecular weight excluding hydrogens is 328 g/mol. The molecule has 1 aromatic rings. The number of nitrogens with zero attached hydrogens (tertiary/aromatic N) is 5. The predicted molar refractivity (Wildman–Crippen MR) is 104 cm³/mol. The lowest BCUT2D eigenvalue weighted by Gasteiger charge is -2.36. The summed E-state index contributed by atoms with van der Waals surface area (Å²) >= 11 is 0. The minimum Gasteiger partial charge on any atom is -0.364 e. The van der Waals surface area contributed by atoms with Crippen molar-refractivity contribution in [2.75, 3.05) is 59.4 Å². The third kappa shape index (κ3) is 5.45. The van der Waals surface area contributed by atoms with Crippen LogP contribution in [0.25, 0.3) is 0 Å². The minimum atomic E-state index is 0.864. The van der Waals surface area contributed by atoms with E-state index in [0.717, 1.165) is 56.8 Å². The van der Waals surface area contributed by atoms with Crippen LogP contribution in [0.2, 0.25) is 0 Å². The number of aromatic nitrogens is 1. The second-order valence-corrected chi connectivity index (χ2v) is 7.39. The summed E-state index contributed by atoms with van der Waals surface area (Å²) < 4.78 is 4.92. The molecule has 0 bridgehead atoms. The Bertz CT molecular complexity index is 530. The van der Waals surface area contributed by atoms with Crippen molar-refractivity contribution in [3.8, 4) is 0 Å². The lowest BCUT2D eigenvalue weighted by atomic mass is 9.93. The fraction of sp³-hybridized carbons (Fsp3) is 0.789. The van der Waals surface area contributed by atoms with Gasteiger partial charge in [-0.2, -0.15) is 0 Å². The van der Waals surface area contributed by atoms with Crippen LogP contribution in [-0.4, -0.2) is 85.2 Å². The van der Waals surface area contributed by atoms with Crippen molar-refractivity contribution in [1.29, 1.82) is 0 Å². The molecular formula is C19H34N6O. The first-order valence-electron chi connectivity index (χ1n) is 10.1. The van der Waals surface area contributed by atoms with Crippen LogP contribution >= 0.6 is 0 Å². The highest BCUT2D eigenvalue weighted by atomic mass is 16.5. The van der Waals surface area contributed by atoms with Gasteiger partial charge in [0.25, 0.3) is 0 Å². The summed E-state index contributed by atoms with van der Waals surface area (Å²) in [6.45, 7) is 12.0. The van der Waals surface area contributed by atoms with Gasteiger partial charge in [0.05, 0.1) is 5.69 Å². The number of rotatable bonds is 6. The van der Waals surface area contributed by atoms with Crippen LogP contribution in [0.3, 0.4) is 0 Å². The Balaban J connectivity index is 1.34. The molecule has 146 valence electrons. The summed E-state index contributed by atoms with van der Waals surface area (Å²) in [6, 6.07) is 1.94. The van der Waals surface area contributed by atoms with Gasteiger partial charge in [-0.15, -0.1) is 0 Å². The number of piperidine rings is 1. The van der Waals surface area contributed by atoms with E-state index in [1.54, 1.807) is 6.26 Å². The summed E-state index contributed by atoms with van der Waals surface area (Å²) in [5, 5.41) is 7.59.